The van der Waals surface area contributed by atoms with E-state index in [4.69, 9.17) is 4.74 Å². The third-order valence-corrected chi connectivity index (χ3v) is 4.40. The summed E-state index contributed by atoms with van der Waals surface area (Å²) in [7, 11) is 0. The van der Waals surface area contributed by atoms with Crippen LogP contribution in [0.5, 0.6) is 0 Å². The molecule has 1 aliphatic rings. The van der Waals surface area contributed by atoms with Crippen LogP contribution in [0.15, 0.2) is 16.7 Å². The lowest BCUT2D eigenvalue weighted by atomic mass is 10.0. The van der Waals surface area contributed by atoms with Gasteiger partial charge in [0.25, 0.3) is 0 Å². The van der Waals surface area contributed by atoms with Gasteiger partial charge < -0.3 is 9.84 Å². The molecule has 0 radical (unpaired) electrons. The second kappa shape index (κ2) is 6.18. The molecule has 0 amide bonds. The summed E-state index contributed by atoms with van der Waals surface area (Å²) >= 11 is 3.51. The summed E-state index contributed by atoms with van der Waals surface area (Å²) in [6.45, 7) is 3.23. The fourth-order valence-corrected chi connectivity index (χ4v) is 3.38. The number of fused-ring (bicyclic) bond motifs is 1. The summed E-state index contributed by atoms with van der Waals surface area (Å²) < 4.78 is 7.82. The summed E-state index contributed by atoms with van der Waals surface area (Å²) in [5.74, 6) is -0.223. The maximum atomic E-state index is 11.2. The molecule has 7 heteroatoms. The molecule has 0 atom stereocenters. The molecule has 6 nitrogen and oxygen atoms in total. The van der Waals surface area contributed by atoms with E-state index in [1.807, 2.05) is 19.2 Å². The second-order valence-electron chi connectivity index (χ2n) is 5.12. The number of nitrogens with zero attached hydrogens (tertiary/aromatic N) is 3. The summed E-state index contributed by atoms with van der Waals surface area (Å²) in [4.78, 5) is 15.8. The Hall–Kier alpha value is -1.73. The van der Waals surface area contributed by atoms with Crippen molar-refractivity contribution in [2.45, 2.75) is 26.2 Å². The van der Waals surface area contributed by atoms with Gasteiger partial charge in [0.05, 0.1) is 19.6 Å². The van der Waals surface area contributed by atoms with Crippen LogP contribution in [0.1, 0.15) is 30.3 Å². The van der Waals surface area contributed by atoms with Crippen LogP contribution in [-0.4, -0.2) is 38.9 Å². The first-order valence-electron chi connectivity index (χ1n) is 7.15. The average molecular weight is 366 g/mol. The molecular weight excluding hydrogens is 350 g/mol. The number of halogens is 1. The van der Waals surface area contributed by atoms with Gasteiger partial charge >= 0.3 is 5.97 Å². The van der Waals surface area contributed by atoms with E-state index in [9.17, 15) is 9.90 Å². The number of ether oxygens (including phenoxy) is 1. The molecule has 2 aromatic heterocycles. The van der Waals surface area contributed by atoms with E-state index in [-0.39, 0.29) is 6.42 Å². The van der Waals surface area contributed by atoms with Crippen LogP contribution in [0, 0.1) is 0 Å². The topological polar surface area (TPSA) is 76.7 Å². The predicted molar refractivity (Wildman–Crippen MR) is 84.8 cm³/mol. The monoisotopic (exact) mass is 365 g/mol. The molecule has 1 aliphatic heterocycles. The maximum absolute atomic E-state index is 11.2. The van der Waals surface area contributed by atoms with Crippen LogP contribution in [0.2, 0.25) is 0 Å². The van der Waals surface area contributed by atoms with Gasteiger partial charge in [-0.3, -0.25) is 4.79 Å². The minimum atomic E-state index is -0.871. The number of carboxylic acid groups (broad SMARTS) is 1. The van der Waals surface area contributed by atoms with Gasteiger partial charge in [-0.25, -0.2) is 9.50 Å². The van der Waals surface area contributed by atoms with Crippen molar-refractivity contribution in [3.05, 3.63) is 33.7 Å². The molecule has 3 heterocycles. The number of carboxylic acids is 1. The smallest absolute Gasteiger partial charge is 0.307 e. The average Bonchev–Trinajstić information content (AvgIpc) is 2.91. The highest BCUT2D eigenvalue weighted by Gasteiger charge is 2.19. The molecule has 0 fully saturated rings. The van der Waals surface area contributed by atoms with Crippen molar-refractivity contribution in [1.82, 2.24) is 14.6 Å². The first kappa shape index (κ1) is 15.2. The van der Waals surface area contributed by atoms with Gasteiger partial charge in [0.1, 0.15) is 0 Å². The van der Waals surface area contributed by atoms with E-state index in [0.717, 1.165) is 34.0 Å². The lowest BCUT2D eigenvalue weighted by Gasteiger charge is -2.09. The fourth-order valence-electron chi connectivity index (χ4n) is 2.67. The van der Waals surface area contributed by atoms with E-state index in [2.05, 4.69) is 26.0 Å². The van der Waals surface area contributed by atoms with Crippen LogP contribution in [-0.2, 0) is 22.4 Å². The molecule has 2 aromatic rings. The molecule has 0 unspecified atom stereocenters. The Balaban J connectivity index is 2.17. The molecular formula is C15H16BrN3O3. The molecule has 0 aromatic carbocycles. The van der Waals surface area contributed by atoms with Crippen molar-refractivity contribution in [3.8, 4) is 0 Å². The van der Waals surface area contributed by atoms with E-state index in [1.54, 1.807) is 4.52 Å². The molecule has 116 valence electrons. The Kier molecular flexibility index (Phi) is 4.26. The van der Waals surface area contributed by atoms with Crippen molar-refractivity contribution < 1.29 is 14.6 Å². The lowest BCUT2D eigenvalue weighted by molar-refractivity contribution is -0.136. The van der Waals surface area contributed by atoms with Crippen LogP contribution < -0.4 is 0 Å². The van der Waals surface area contributed by atoms with Crippen molar-refractivity contribution in [2.75, 3.05) is 13.2 Å². The van der Waals surface area contributed by atoms with Gasteiger partial charge in [-0.15, -0.1) is 5.10 Å². The molecule has 0 aliphatic carbocycles. The highest BCUT2D eigenvalue weighted by Crippen LogP contribution is 2.27. The van der Waals surface area contributed by atoms with Gasteiger partial charge in [-0.2, -0.15) is 0 Å². The van der Waals surface area contributed by atoms with Crippen molar-refractivity contribution in [3.63, 3.8) is 0 Å². The predicted octanol–water partition coefficient (Wildman–Crippen LogP) is 2.48. The Labute approximate surface area is 135 Å². The van der Waals surface area contributed by atoms with Crippen LogP contribution in [0.25, 0.3) is 11.2 Å². The zero-order valence-corrected chi connectivity index (χ0v) is 13.8. The summed E-state index contributed by atoms with van der Waals surface area (Å²) in [6.07, 6.45) is 5.26. The fraction of sp³-hybridized carbons (Fsp3) is 0.400. The van der Waals surface area contributed by atoms with E-state index in [0.29, 0.717) is 24.7 Å². The quantitative estimate of drug-likeness (QED) is 0.900. The van der Waals surface area contributed by atoms with Crippen LogP contribution in [0.3, 0.4) is 0 Å². The molecule has 0 saturated carbocycles. The van der Waals surface area contributed by atoms with E-state index >= 15 is 0 Å². The molecule has 1 N–H and O–H groups in total. The molecule has 0 spiro atoms. The zero-order valence-electron chi connectivity index (χ0n) is 12.2. The zero-order chi connectivity index (χ0) is 15.7. The number of pyridine rings is 1. The van der Waals surface area contributed by atoms with Gasteiger partial charge in [-0.05, 0) is 39.9 Å². The molecule has 0 bridgehead atoms. The highest BCUT2D eigenvalue weighted by molar-refractivity contribution is 9.10. The van der Waals surface area contributed by atoms with Crippen molar-refractivity contribution >= 4 is 33.1 Å². The minimum Gasteiger partial charge on any atom is -0.481 e. The van der Waals surface area contributed by atoms with Gasteiger partial charge in [0.15, 0.2) is 11.5 Å². The largest absolute Gasteiger partial charge is 0.481 e. The van der Waals surface area contributed by atoms with Crippen LogP contribution in [0.4, 0.5) is 0 Å². The normalized spacial score (nSPS) is 15.1. The molecule has 22 heavy (non-hydrogen) atoms. The van der Waals surface area contributed by atoms with E-state index in [1.165, 1.54) is 0 Å². The first-order chi connectivity index (χ1) is 10.6. The Bertz CT molecular complexity index is 767. The van der Waals surface area contributed by atoms with Crippen LogP contribution >= 0.6 is 15.9 Å². The van der Waals surface area contributed by atoms with Gasteiger partial charge in [-0.1, -0.05) is 13.0 Å². The standard InChI is InChI=1S/C15H16BrN3O3/c1-2-10-11(7-13(20)21)15-17-14(9-3-5-22-6-4-9)18-19(15)8-12(10)16/h3,8H,2,4-7H2,1H3,(H,20,21). The second-order valence-corrected chi connectivity index (χ2v) is 5.97. The SMILES string of the molecule is CCc1c(Br)cn2nc(C3=CCOCC3)nc2c1CC(=O)O. The number of carbonyl (C=O) groups is 1. The third-order valence-electron chi connectivity index (χ3n) is 3.72. The lowest BCUT2D eigenvalue weighted by Crippen LogP contribution is -2.07. The molecule has 0 saturated heterocycles. The number of rotatable bonds is 4. The van der Waals surface area contributed by atoms with E-state index < -0.39 is 5.97 Å². The number of aromatic nitrogens is 3. The third kappa shape index (κ3) is 2.78. The Morgan fingerprint density at radius 3 is 2.95 bits per heavy atom. The highest BCUT2D eigenvalue weighted by atomic mass is 79.9. The number of aliphatic carboxylic acids is 1. The Morgan fingerprint density at radius 1 is 1.50 bits per heavy atom. The maximum Gasteiger partial charge on any atom is 0.307 e. The van der Waals surface area contributed by atoms with Crippen molar-refractivity contribution in [2.24, 2.45) is 0 Å². The number of hydrogen-bond donors (Lipinski definition) is 1. The van der Waals surface area contributed by atoms with Gasteiger partial charge in [0.2, 0.25) is 0 Å². The summed E-state index contributed by atoms with van der Waals surface area (Å²) in [5, 5.41) is 13.7. The first-order valence-corrected chi connectivity index (χ1v) is 7.95. The van der Waals surface area contributed by atoms with Gasteiger partial charge in [0, 0.05) is 16.2 Å². The minimum absolute atomic E-state index is 0.0631. The van der Waals surface area contributed by atoms with Crippen molar-refractivity contribution in [1.29, 1.82) is 0 Å². The Morgan fingerprint density at radius 2 is 2.32 bits per heavy atom. The summed E-state index contributed by atoms with van der Waals surface area (Å²) in [6, 6.07) is 0. The number of hydrogen-bond acceptors (Lipinski definition) is 4. The molecule has 3 rings (SSSR count). The summed E-state index contributed by atoms with van der Waals surface area (Å²) in [5.41, 5.74) is 3.35.